The zero-order valence-corrected chi connectivity index (χ0v) is 8.75. The first kappa shape index (κ1) is 8.91. The number of nitrogens with one attached hydrogen (secondary N) is 1. The van der Waals surface area contributed by atoms with Gasteiger partial charge in [-0.05, 0) is 24.0 Å². The molecule has 0 fully saturated rings. The molecule has 0 radical (unpaired) electrons. The molecule has 68 valence electrons. The van der Waals surface area contributed by atoms with Gasteiger partial charge < -0.3 is 4.98 Å². The number of benzene rings is 1. The number of alkyl halides is 1. The van der Waals surface area contributed by atoms with E-state index >= 15 is 0 Å². The van der Waals surface area contributed by atoms with Gasteiger partial charge in [0, 0.05) is 10.8 Å². The van der Waals surface area contributed by atoms with Gasteiger partial charge in [-0.25, -0.2) is 4.98 Å². The fraction of sp³-hybridized carbons (Fsp3) is 0.222. The molecule has 0 aliphatic rings. The van der Waals surface area contributed by atoms with Crippen molar-refractivity contribution < 1.29 is 0 Å². The van der Waals surface area contributed by atoms with E-state index in [1.807, 2.05) is 6.26 Å². The number of halogens is 1. The monoisotopic (exact) mass is 212 g/mol. The molecule has 0 aliphatic carbocycles. The normalized spacial score (nSPS) is 10.9. The summed E-state index contributed by atoms with van der Waals surface area (Å²) in [6.45, 7) is 0. The molecule has 1 aromatic heterocycles. The number of thioether (sulfide) groups is 1. The van der Waals surface area contributed by atoms with Gasteiger partial charge in [0.05, 0.1) is 17.4 Å². The Hall–Kier alpha value is -0.670. The van der Waals surface area contributed by atoms with Crippen LogP contribution in [0.5, 0.6) is 0 Å². The first-order valence-electron chi connectivity index (χ1n) is 3.91. The van der Waals surface area contributed by atoms with E-state index in [2.05, 4.69) is 22.1 Å². The molecule has 1 aromatic carbocycles. The second-order valence-electron chi connectivity index (χ2n) is 2.72. The molecule has 2 aromatic rings. The lowest BCUT2D eigenvalue weighted by Crippen LogP contribution is -1.83. The first-order valence-corrected chi connectivity index (χ1v) is 5.67. The minimum absolute atomic E-state index is 0.547. The average molecular weight is 213 g/mol. The number of rotatable bonds is 2. The Morgan fingerprint density at radius 2 is 2.38 bits per heavy atom. The lowest BCUT2D eigenvalue weighted by molar-refractivity contribution is 1.28. The maximum atomic E-state index is 5.83. The highest BCUT2D eigenvalue weighted by molar-refractivity contribution is 7.98. The van der Waals surface area contributed by atoms with E-state index in [9.17, 15) is 0 Å². The molecule has 0 amide bonds. The Kier molecular flexibility index (Phi) is 2.47. The molecule has 0 aliphatic heterocycles. The number of aromatic nitrogens is 2. The molecule has 2 nitrogen and oxygen atoms in total. The van der Waals surface area contributed by atoms with Crippen molar-refractivity contribution in [2.24, 2.45) is 0 Å². The number of imidazole rings is 1. The second kappa shape index (κ2) is 3.60. The molecule has 2 rings (SSSR count). The van der Waals surface area contributed by atoms with Crippen molar-refractivity contribution in [1.82, 2.24) is 9.97 Å². The third-order valence-electron chi connectivity index (χ3n) is 1.97. The van der Waals surface area contributed by atoms with Crippen LogP contribution < -0.4 is 0 Å². The number of nitrogens with zero attached hydrogens (tertiary/aromatic N) is 1. The molecule has 0 saturated carbocycles. The van der Waals surface area contributed by atoms with Gasteiger partial charge in [0.15, 0.2) is 0 Å². The molecule has 0 saturated heterocycles. The summed E-state index contributed by atoms with van der Waals surface area (Å²) in [6.07, 6.45) is 3.75. The Balaban J connectivity index is 2.67. The zero-order valence-electron chi connectivity index (χ0n) is 7.17. The summed E-state index contributed by atoms with van der Waals surface area (Å²) in [5.74, 6) is 0.547. The van der Waals surface area contributed by atoms with Crippen molar-refractivity contribution in [2.75, 3.05) is 6.26 Å². The largest absolute Gasteiger partial charge is 0.345 e. The average Bonchev–Trinajstić information content (AvgIpc) is 2.62. The molecular formula is C9H9ClN2S. The molecule has 0 spiro atoms. The molecule has 0 bridgehead atoms. The fourth-order valence-corrected chi connectivity index (χ4v) is 2.23. The van der Waals surface area contributed by atoms with Crippen LogP contribution in [0.4, 0.5) is 0 Å². The molecule has 13 heavy (non-hydrogen) atoms. The third kappa shape index (κ3) is 1.54. The van der Waals surface area contributed by atoms with Crippen LogP contribution in [0.25, 0.3) is 11.0 Å². The van der Waals surface area contributed by atoms with Crippen LogP contribution in [0, 0.1) is 0 Å². The summed E-state index contributed by atoms with van der Waals surface area (Å²) in [7, 11) is 0. The van der Waals surface area contributed by atoms with Crippen LogP contribution >= 0.6 is 23.4 Å². The van der Waals surface area contributed by atoms with Crippen LogP contribution in [-0.4, -0.2) is 16.2 Å². The highest BCUT2D eigenvalue weighted by Crippen LogP contribution is 2.25. The molecular weight excluding hydrogens is 204 g/mol. The Morgan fingerprint density at radius 3 is 3.08 bits per heavy atom. The minimum Gasteiger partial charge on any atom is -0.345 e. The van der Waals surface area contributed by atoms with E-state index in [0.717, 1.165) is 16.6 Å². The topological polar surface area (TPSA) is 28.7 Å². The van der Waals surface area contributed by atoms with E-state index in [4.69, 9.17) is 11.6 Å². The summed E-state index contributed by atoms with van der Waals surface area (Å²) < 4.78 is 0. The van der Waals surface area contributed by atoms with Crippen molar-refractivity contribution in [3.63, 3.8) is 0 Å². The van der Waals surface area contributed by atoms with Crippen LogP contribution in [-0.2, 0) is 5.88 Å². The predicted molar refractivity (Wildman–Crippen MR) is 57.4 cm³/mol. The lowest BCUT2D eigenvalue weighted by atomic mass is 10.2. The summed E-state index contributed by atoms with van der Waals surface area (Å²) in [5, 5.41) is 0. The van der Waals surface area contributed by atoms with Crippen molar-refractivity contribution in [3.8, 4) is 0 Å². The third-order valence-corrected chi connectivity index (χ3v) is 3.07. The number of hydrogen-bond acceptors (Lipinski definition) is 2. The van der Waals surface area contributed by atoms with E-state index in [0.29, 0.717) is 5.88 Å². The summed E-state index contributed by atoms with van der Waals surface area (Å²) >= 11 is 7.53. The van der Waals surface area contributed by atoms with E-state index < -0.39 is 0 Å². The van der Waals surface area contributed by atoms with Gasteiger partial charge in [-0.1, -0.05) is 0 Å². The molecule has 0 atom stereocenters. The predicted octanol–water partition coefficient (Wildman–Crippen LogP) is 3.02. The van der Waals surface area contributed by atoms with Gasteiger partial charge >= 0.3 is 0 Å². The number of H-pyrrole nitrogens is 1. The zero-order chi connectivity index (χ0) is 9.26. The first-order chi connectivity index (χ1) is 6.35. The molecule has 1 heterocycles. The smallest absolute Gasteiger partial charge is 0.0931 e. The van der Waals surface area contributed by atoms with Gasteiger partial charge in [-0.2, -0.15) is 0 Å². The van der Waals surface area contributed by atoms with Crippen LogP contribution in [0.2, 0.25) is 0 Å². The standard InChI is InChI=1S/C9H9ClN2S/c1-13-9-3-8-7(11-5-12-8)2-6(9)4-10/h2-3,5H,4H2,1H3,(H,11,12). The quantitative estimate of drug-likeness (QED) is 0.613. The van der Waals surface area contributed by atoms with Gasteiger partial charge in [0.2, 0.25) is 0 Å². The Morgan fingerprint density at radius 1 is 1.54 bits per heavy atom. The highest BCUT2D eigenvalue weighted by Gasteiger charge is 2.04. The molecule has 0 unspecified atom stereocenters. The van der Waals surface area contributed by atoms with Crippen molar-refractivity contribution >= 4 is 34.4 Å². The maximum Gasteiger partial charge on any atom is 0.0931 e. The SMILES string of the molecule is CSc1cc2nc[nH]c2cc1CCl. The number of fused-ring (bicyclic) bond motifs is 1. The Bertz CT molecular complexity index is 386. The van der Waals surface area contributed by atoms with Crippen LogP contribution in [0.1, 0.15) is 5.56 Å². The molecule has 4 heteroatoms. The van der Waals surface area contributed by atoms with Crippen molar-refractivity contribution in [3.05, 3.63) is 24.0 Å². The van der Waals surface area contributed by atoms with Crippen molar-refractivity contribution in [2.45, 2.75) is 10.8 Å². The maximum absolute atomic E-state index is 5.83. The summed E-state index contributed by atoms with van der Waals surface area (Å²) in [5.41, 5.74) is 3.21. The van der Waals surface area contributed by atoms with Gasteiger partial charge in [-0.3, -0.25) is 0 Å². The van der Waals surface area contributed by atoms with Gasteiger partial charge in [0.1, 0.15) is 0 Å². The number of hydrogen-bond donors (Lipinski definition) is 1. The van der Waals surface area contributed by atoms with Crippen molar-refractivity contribution in [1.29, 1.82) is 0 Å². The van der Waals surface area contributed by atoms with Gasteiger partial charge in [0.25, 0.3) is 0 Å². The van der Waals surface area contributed by atoms with E-state index in [1.54, 1.807) is 18.1 Å². The minimum atomic E-state index is 0.547. The lowest BCUT2D eigenvalue weighted by Gasteiger charge is -2.03. The highest BCUT2D eigenvalue weighted by atomic mass is 35.5. The van der Waals surface area contributed by atoms with E-state index in [-0.39, 0.29) is 0 Å². The van der Waals surface area contributed by atoms with Crippen LogP contribution in [0.3, 0.4) is 0 Å². The molecule has 1 N–H and O–H groups in total. The Labute approximate surface area is 85.7 Å². The fourth-order valence-electron chi connectivity index (χ4n) is 1.30. The van der Waals surface area contributed by atoms with E-state index in [1.165, 1.54) is 4.90 Å². The summed E-state index contributed by atoms with van der Waals surface area (Å²) in [4.78, 5) is 8.46. The second-order valence-corrected chi connectivity index (χ2v) is 3.83. The van der Waals surface area contributed by atoms with Gasteiger partial charge in [-0.15, -0.1) is 23.4 Å². The summed E-state index contributed by atoms with van der Waals surface area (Å²) in [6, 6.07) is 4.12. The van der Waals surface area contributed by atoms with Crippen LogP contribution in [0.15, 0.2) is 23.4 Å². The number of aromatic amines is 1.